The van der Waals surface area contributed by atoms with Gasteiger partial charge in [-0.1, -0.05) is 41.2 Å². The molecule has 1 aromatic heterocycles. The summed E-state index contributed by atoms with van der Waals surface area (Å²) < 4.78 is 6.54. The van der Waals surface area contributed by atoms with Gasteiger partial charge < -0.3 is 9.64 Å². The largest absolute Gasteiger partial charge is 0.496 e. The number of aromatic nitrogens is 3. The van der Waals surface area contributed by atoms with E-state index in [1.54, 1.807) is 30.1 Å². The molecule has 0 bridgehead atoms. The third kappa shape index (κ3) is 3.49. The summed E-state index contributed by atoms with van der Waals surface area (Å²) >= 11 is 1.74. The van der Waals surface area contributed by atoms with Gasteiger partial charge in [0.05, 0.1) is 42.2 Å². The van der Waals surface area contributed by atoms with Crippen LogP contribution < -0.4 is 9.64 Å². The van der Waals surface area contributed by atoms with Crippen LogP contribution >= 0.6 is 11.8 Å². The van der Waals surface area contributed by atoms with E-state index in [1.807, 2.05) is 24.3 Å². The number of nitro benzene ring substituents is 1. The van der Waals surface area contributed by atoms with E-state index in [4.69, 9.17) is 4.74 Å². The Morgan fingerprint density at radius 1 is 1.00 bits per heavy atom. The van der Waals surface area contributed by atoms with Gasteiger partial charge in [0.15, 0.2) is 0 Å². The van der Waals surface area contributed by atoms with Crippen molar-refractivity contribution < 1.29 is 9.66 Å². The molecule has 0 saturated heterocycles. The Kier molecular flexibility index (Phi) is 4.79. The van der Waals surface area contributed by atoms with Gasteiger partial charge in [0, 0.05) is 9.79 Å². The monoisotopic (exact) mass is 431 g/mol. The molecule has 1 aliphatic heterocycles. The minimum Gasteiger partial charge on any atom is -0.496 e. The molecule has 154 valence electrons. The van der Waals surface area contributed by atoms with Crippen molar-refractivity contribution in [3.05, 3.63) is 88.7 Å². The van der Waals surface area contributed by atoms with E-state index in [0.29, 0.717) is 23.7 Å². The molecule has 0 amide bonds. The first-order valence-corrected chi connectivity index (χ1v) is 10.3. The van der Waals surface area contributed by atoms with Crippen molar-refractivity contribution in [2.45, 2.75) is 16.3 Å². The highest BCUT2D eigenvalue weighted by Gasteiger charge is 2.24. The standard InChI is InChI=1S/C22H17N5O3S/c1-30-16-10-11-17(20(12-16)27(28)29)26-14-15(23-24-26)13-25-18-6-2-4-8-21(18)31-22-9-5-3-7-19(22)25/h2-12,14H,13H2,1H3. The summed E-state index contributed by atoms with van der Waals surface area (Å²) in [5, 5.41) is 20.0. The van der Waals surface area contributed by atoms with Crippen LogP contribution in [0.1, 0.15) is 5.69 Å². The maximum Gasteiger partial charge on any atom is 0.298 e. The summed E-state index contributed by atoms with van der Waals surface area (Å²) in [6, 6.07) is 21.1. The zero-order valence-electron chi connectivity index (χ0n) is 16.5. The number of nitro groups is 1. The smallest absolute Gasteiger partial charge is 0.298 e. The summed E-state index contributed by atoms with van der Waals surface area (Å²) in [7, 11) is 1.47. The van der Waals surface area contributed by atoms with Crippen LogP contribution in [0.5, 0.6) is 5.75 Å². The summed E-state index contributed by atoms with van der Waals surface area (Å²) in [4.78, 5) is 15.6. The van der Waals surface area contributed by atoms with E-state index >= 15 is 0 Å². The van der Waals surface area contributed by atoms with Gasteiger partial charge in [-0.3, -0.25) is 10.1 Å². The summed E-state index contributed by atoms with van der Waals surface area (Å²) in [5.41, 5.74) is 3.12. The Balaban J connectivity index is 1.51. The Morgan fingerprint density at radius 3 is 2.32 bits per heavy atom. The molecular weight excluding hydrogens is 414 g/mol. The van der Waals surface area contributed by atoms with Crippen molar-refractivity contribution in [3.8, 4) is 11.4 Å². The van der Waals surface area contributed by atoms with Crippen molar-refractivity contribution >= 4 is 28.8 Å². The first kappa shape index (κ1) is 19.1. The molecule has 0 spiro atoms. The molecule has 0 unspecified atom stereocenters. The number of anilines is 2. The summed E-state index contributed by atoms with van der Waals surface area (Å²) in [6.45, 7) is 0.485. The number of rotatable bonds is 5. The van der Waals surface area contributed by atoms with E-state index in [2.05, 4.69) is 39.5 Å². The number of hydrogen-bond donors (Lipinski definition) is 0. The van der Waals surface area contributed by atoms with Gasteiger partial charge >= 0.3 is 0 Å². The molecule has 0 N–H and O–H groups in total. The number of ether oxygens (including phenoxy) is 1. The van der Waals surface area contributed by atoms with Crippen LogP contribution in [-0.2, 0) is 6.54 Å². The lowest BCUT2D eigenvalue weighted by Gasteiger charge is -2.32. The minimum atomic E-state index is -0.451. The molecule has 8 nitrogen and oxygen atoms in total. The normalized spacial score (nSPS) is 12.2. The lowest BCUT2D eigenvalue weighted by Crippen LogP contribution is -2.20. The number of methoxy groups -OCH3 is 1. The van der Waals surface area contributed by atoms with Crippen molar-refractivity contribution in [1.82, 2.24) is 15.0 Å². The SMILES string of the molecule is COc1ccc(-n2cc(CN3c4ccccc4Sc4ccccc43)nn2)c([N+](=O)[O-])c1. The van der Waals surface area contributed by atoms with Crippen molar-refractivity contribution in [2.75, 3.05) is 12.0 Å². The fourth-order valence-electron chi connectivity index (χ4n) is 3.57. The number of fused-ring (bicyclic) bond motifs is 2. The predicted molar refractivity (Wildman–Crippen MR) is 117 cm³/mol. The van der Waals surface area contributed by atoms with Crippen LogP contribution in [0, 0.1) is 10.1 Å². The fourth-order valence-corrected chi connectivity index (χ4v) is 4.67. The van der Waals surface area contributed by atoms with E-state index in [1.165, 1.54) is 27.6 Å². The Morgan fingerprint density at radius 2 is 1.68 bits per heavy atom. The molecule has 31 heavy (non-hydrogen) atoms. The highest BCUT2D eigenvalue weighted by Crippen LogP contribution is 2.48. The molecular formula is C22H17N5O3S. The van der Waals surface area contributed by atoms with Crippen LogP contribution in [-0.4, -0.2) is 27.0 Å². The molecule has 1 aliphatic rings. The van der Waals surface area contributed by atoms with Gasteiger partial charge in [-0.05, 0) is 36.4 Å². The highest BCUT2D eigenvalue weighted by molar-refractivity contribution is 7.99. The lowest BCUT2D eigenvalue weighted by molar-refractivity contribution is -0.384. The van der Waals surface area contributed by atoms with Crippen LogP contribution in [0.2, 0.25) is 0 Å². The molecule has 2 heterocycles. The quantitative estimate of drug-likeness (QED) is 0.325. The average molecular weight is 431 g/mol. The van der Waals surface area contributed by atoms with Gasteiger partial charge in [0.1, 0.15) is 17.1 Å². The van der Waals surface area contributed by atoms with Gasteiger partial charge in [0.25, 0.3) is 5.69 Å². The number of hydrogen-bond acceptors (Lipinski definition) is 7. The van der Waals surface area contributed by atoms with E-state index in [0.717, 1.165) is 11.4 Å². The summed E-state index contributed by atoms with van der Waals surface area (Å²) in [5.74, 6) is 0.412. The van der Waals surface area contributed by atoms with Crippen molar-refractivity contribution in [3.63, 3.8) is 0 Å². The zero-order valence-corrected chi connectivity index (χ0v) is 17.3. The molecule has 0 atom stereocenters. The molecule has 3 aromatic carbocycles. The van der Waals surface area contributed by atoms with Crippen LogP contribution in [0.3, 0.4) is 0 Å². The highest BCUT2D eigenvalue weighted by atomic mass is 32.2. The van der Waals surface area contributed by atoms with Crippen molar-refractivity contribution in [2.24, 2.45) is 0 Å². The average Bonchev–Trinajstić information content (AvgIpc) is 3.27. The van der Waals surface area contributed by atoms with Gasteiger partial charge in [0.2, 0.25) is 0 Å². The molecule has 0 radical (unpaired) electrons. The number of para-hydroxylation sites is 2. The molecule has 0 aliphatic carbocycles. The predicted octanol–water partition coefficient (Wildman–Crippen LogP) is 4.99. The maximum absolute atomic E-state index is 11.5. The Hall–Kier alpha value is -3.85. The molecule has 5 rings (SSSR count). The van der Waals surface area contributed by atoms with Crippen LogP contribution in [0.15, 0.2) is 82.7 Å². The molecule has 0 saturated carbocycles. The number of nitrogens with zero attached hydrogens (tertiary/aromatic N) is 5. The van der Waals surface area contributed by atoms with Gasteiger partial charge in [-0.2, -0.15) is 0 Å². The van der Waals surface area contributed by atoms with E-state index < -0.39 is 4.92 Å². The van der Waals surface area contributed by atoms with Crippen LogP contribution in [0.25, 0.3) is 5.69 Å². The van der Waals surface area contributed by atoms with Crippen LogP contribution in [0.4, 0.5) is 17.1 Å². The van der Waals surface area contributed by atoms with Gasteiger partial charge in [-0.15, -0.1) is 5.10 Å². The Bertz CT molecular complexity index is 1240. The topological polar surface area (TPSA) is 86.3 Å². The third-order valence-electron chi connectivity index (χ3n) is 5.02. The maximum atomic E-state index is 11.5. The molecule has 0 fully saturated rings. The Labute approximate surface area is 182 Å². The van der Waals surface area contributed by atoms with Crippen molar-refractivity contribution in [1.29, 1.82) is 0 Å². The molecule has 4 aromatic rings. The second-order valence-corrected chi connectivity index (χ2v) is 7.97. The summed E-state index contributed by atoms with van der Waals surface area (Å²) in [6.07, 6.45) is 1.72. The first-order valence-electron chi connectivity index (χ1n) is 9.51. The first-order chi connectivity index (χ1) is 15.1. The third-order valence-corrected chi connectivity index (χ3v) is 6.15. The number of benzene rings is 3. The second-order valence-electron chi connectivity index (χ2n) is 6.89. The fraction of sp³-hybridized carbons (Fsp3) is 0.0909. The minimum absolute atomic E-state index is 0.0964. The second kappa shape index (κ2) is 7.77. The zero-order chi connectivity index (χ0) is 21.4. The van der Waals surface area contributed by atoms with Gasteiger partial charge in [-0.25, -0.2) is 4.68 Å². The lowest BCUT2D eigenvalue weighted by atomic mass is 10.2. The molecule has 9 heteroatoms. The van der Waals surface area contributed by atoms with E-state index in [9.17, 15) is 10.1 Å². The van der Waals surface area contributed by atoms with E-state index in [-0.39, 0.29) is 5.69 Å².